The van der Waals surface area contributed by atoms with Gasteiger partial charge in [-0.25, -0.2) is 4.79 Å². The van der Waals surface area contributed by atoms with Gasteiger partial charge in [0.2, 0.25) is 0 Å². The van der Waals surface area contributed by atoms with Crippen LogP contribution >= 0.6 is 0 Å². The van der Waals surface area contributed by atoms with E-state index in [1.54, 1.807) is 0 Å². The van der Waals surface area contributed by atoms with Crippen LogP contribution in [0.15, 0.2) is 12.7 Å². The molecule has 0 saturated heterocycles. The van der Waals surface area contributed by atoms with E-state index >= 15 is 0 Å². The highest BCUT2D eigenvalue weighted by molar-refractivity contribution is 5.81. The maximum atomic E-state index is 11.2. The van der Waals surface area contributed by atoms with E-state index in [0.717, 1.165) is 12.3 Å². The number of carbonyl (C=O) groups is 1. The number of rotatable bonds is 6. The van der Waals surface area contributed by atoms with Crippen molar-refractivity contribution in [2.24, 2.45) is 5.92 Å². The number of ether oxygens (including phenoxy) is 1. The molecule has 0 radical (unpaired) electrons. The lowest BCUT2D eigenvalue weighted by Crippen LogP contribution is -2.43. The van der Waals surface area contributed by atoms with Gasteiger partial charge in [0.25, 0.3) is 0 Å². The van der Waals surface area contributed by atoms with Crippen LogP contribution in [0.25, 0.3) is 0 Å². The summed E-state index contributed by atoms with van der Waals surface area (Å²) in [7, 11) is 0. The summed E-state index contributed by atoms with van der Waals surface area (Å²) in [5.41, 5.74) is 0. The Kier molecular flexibility index (Phi) is 6.27. The third kappa shape index (κ3) is 4.90. The summed E-state index contributed by atoms with van der Waals surface area (Å²) in [4.78, 5) is 11.2. The number of hydrogen-bond acceptors (Lipinski definition) is 3. The van der Waals surface area contributed by atoms with Crippen LogP contribution < -0.4 is 5.32 Å². The quantitative estimate of drug-likeness (QED) is 0.440. The Morgan fingerprint density at radius 1 is 1.47 bits per heavy atom. The summed E-state index contributed by atoms with van der Waals surface area (Å²) < 4.78 is 5.24. The Bertz CT molecular complexity index is 247. The highest BCUT2D eigenvalue weighted by atomic mass is 16.6. The van der Waals surface area contributed by atoms with Gasteiger partial charge in [0.05, 0.1) is 0 Å². The summed E-state index contributed by atoms with van der Waals surface area (Å²) in [5, 5.41) is 3.41. The summed E-state index contributed by atoms with van der Waals surface area (Å²) in [5.74, 6) is 0.375. The topological polar surface area (TPSA) is 38.3 Å². The van der Waals surface area contributed by atoms with Gasteiger partial charge in [-0.3, -0.25) is 5.32 Å². The Balaban J connectivity index is 2.37. The van der Waals surface area contributed by atoms with Crippen LogP contribution in [0.4, 0.5) is 0 Å². The Hall–Kier alpha value is -0.830. The van der Waals surface area contributed by atoms with Crippen molar-refractivity contribution in [2.45, 2.75) is 64.6 Å². The molecule has 0 spiro atoms. The molecule has 1 fully saturated rings. The van der Waals surface area contributed by atoms with Gasteiger partial charge in [-0.05, 0) is 32.1 Å². The van der Waals surface area contributed by atoms with Crippen molar-refractivity contribution in [3.05, 3.63) is 12.7 Å². The van der Waals surface area contributed by atoms with E-state index < -0.39 is 0 Å². The first-order valence-electron chi connectivity index (χ1n) is 6.76. The number of nitrogens with one attached hydrogen (secondary N) is 1. The summed E-state index contributed by atoms with van der Waals surface area (Å²) >= 11 is 0. The van der Waals surface area contributed by atoms with E-state index in [9.17, 15) is 4.79 Å². The lowest BCUT2D eigenvalue weighted by Gasteiger charge is -2.31. The number of hydrogen-bond donors (Lipinski definition) is 1. The molecule has 0 aromatic carbocycles. The molecule has 0 heterocycles. The second-order valence-corrected chi connectivity index (χ2v) is 4.89. The van der Waals surface area contributed by atoms with Crippen LogP contribution in [0.1, 0.15) is 52.4 Å². The summed E-state index contributed by atoms with van der Waals surface area (Å²) in [6, 6.07) is 0.415. The van der Waals surface area contributed by atoms with E-state index in [1.165, 1.54) is 38.2 Å². The molecule has 3 heteroatoms. The molecular formula is C14H25NO2. The van der Waals surface area contributed by atoms with Crippen LogP contribution in [-0.4, -0.2) is 18.2 Å². The first-order chi connectivity index (χ1) is 8.17. The minimum Gasteiger partial charge on any atom is -0.443 e. The Morgan fingerprint density at radius 3 is 2.65 bits per heavy atom. The average molecular weight is 239 g/mol. The van der Waals surface area contributed by atoms with Gasteiger partial charge in [-0.2, -0.15) is 0 Å². The SMILES string of the molecule is C=CC(=O)OC(CC)NC(C)C1CCCCC1. The molecule has 1 N–H and O–H groups in total. The first-order valence-corrected chi connectivity index (χ1v) is 6.76. The smallest absolute Gasteiger partial charge is 0.331 e. The van der Waals surface area contributed by atoms with E-state index in [0.29, 0.717) is 6.04 Å². The van der Waals surface area contributed by atoms with Crippen molar-refractivity contribution < 1.29 is 9.53 Å². The lowest BCUT2D eigenvalue weighted by molar-refractivity contribution is -0.145. The van der Waals surface area contributed by atoms with Gasteiger partial charge in [-0.1, -0.05) is 32.8 Å². The highest BCUT2D eigenvalue weighted by Gasteiger charge is 2.22. The molecule has 1 saturated carbocycles. The second kappa shape index (κ2) is 7.49. The van der Waals surface area contributed by atoms with Crippen LogP contribution in [0.2, 0.25) is 0 Å². The fraction of sp³-hybridized carbons (Fsp3) is 0.786. The Morgan fingerprint density at radius 2 is 2.12 bits per heavy atom. The van der Waals surface area contributed by atoms with Crippen molar-refractivity contribution in [3.63, 3.8) is 0 Å². The maximum absolute atomic E-state index is 11.2. The van der Waals surface area contributed by atoms with Gasteiger partial charge in [0.1, 0.15) is 0 Å². The highest BCUT2D eigenvalue weighted by Crippen LogP contribution is 2.26. The molecule has 2 atom stereocenters. The van der Waals surface area contributed by atoms with Crippen LogP contribution in [0.3, 0.4) is 0 Å². The average Bonchev–Trinajstić information content (AvgIpc) is 2.38. The third-order valence-corrected chi connectivity index (χ3v) is 3.60. The zero-order valence-electron chi connectivity index (χ0n) is 11.1. The summed E-state index contributed by atoms with van der Waals surface area (Å²) in [6.07, 6.45) is 8.44. The van der Waals surface area contributed by atoms with Crippen molar-refractivity contribution in [1.82, 2.24) is 5.32 Å². The molecule has 1 aliphatic rings. The van der Waals surface area contributed by atoms with Gasteiger partial charge >= 0.3 is 5.97 Å². The number of esters is 1. The molecule has 0 amide bonds. The van der Waals surface area contributed by atoms with Crippen molar-refractivity contribution in [3.8, 4) is 0 Å². The molecule has 0 aliphatic heterocycles. The van der Waals surface area contributed by atoms with E-state index in [4.69, 9.17) is 4.74 Å². The van der Waals surface area contributed by atoms with Crippen molar-refractivity contribution in [1.29, 1.82) is 0 Å². The normalized spacial score (nSPS) is 20.6. The fourth-order valence-electron chi connectivity index (χ4n) is 2.49. The minimum absolute atomic E-state index is 0.183. The molecule has 3 nitrogen and oxygen atoms in total. The molecule has 1 rings (SSSR count). The summed E-state index contributed by atoms with van der Waals surface area (Å²) in [6.45, 7) is 7.62. The maximum Gasteiger partial charge on any atom is 0.331 e. The van der Waals surface area contributed by atoms with Crippen molar-refractivity contribution >= 4 is 5.97 Å². The number of carbonyl (C=O) groups excluding carboxylic acids is 1. The van der Waals surface area contributed by atoms with E-state index in [1.807, 2.05) is 6.92 Å². The second-order valence-electron chi connectivity index (χ2n) is 4.89. The predicted octanol–water partition coefficient (Wildman–Crippen LogP) is 3.01. The van der Waals surface area contributed by atoms with Gasteiger partial charge < -0.3 is 4.74 Å². The molecule has 98 valence electrons. The zero-order chi connectivity index (χ0) is 12.7. The van der Waals surface area contributed by atoms with Crippen LogP contribution in [-0.2, 0) is 9.53 Å². The predicted molar refractivity (Wildman–Crippen MR) is 69.5 cm³/mol. The molecular weight excluding hydrogens is 214 g/mol. The Labute approximate surface area is 105 Å². The molecule has 2 unspecified atom stereocenters. The molecule has 0 aromatic rings. The standard InChI is InChI=1S/C14H25NO2/c1-4-13(17-14(16)5-2)15-11(3)12-9-7-6-8-10-12/h5,11-13,15H,2,4,6-10H2,1,3H3. The van der Waals surface area contributed by atoms with E-state index in [2.05, 4.69) is 18.8 Å². The molecule has 1 aliphatic carbocycles. The molecule has 17 heavy (non-hydrogen) atoms. The van der Waals surface area contributed by atoms with E-state index in [-0.39, 0.29) is 12.2 Å². The van der Waals surface area contributed by atoms with Crippen molar-refractivity contribution in [2.75, 3.05) is 0 Å². The third-order valence-electron chi connectivity index (χ3n) is 3.60. The van der Waals surface area contributed by atoms with Gasteiger partial charge in [0.15, 0.2) is 6.23 Å². The zero-order valence-corrected chi connectivity index (χ0v) is 11.1. The lowest BCUT2D eigenvalue weighted by atomic mass is 9.84. The monoisotopic (exact) mass is 239 g/mol. The molecule has 0 bridgehead atoms. The van der Waals surface area contributed by atoms with Crippen LogP contribution in [0.5, 0.6) is 0 Å². The van der Waals surface area contributed by atoms with Gasteiger partial charge in [0, 0.05) is 12.1 Å². The molecule has 0 aromatic heterocycles. The van der Waals surface area contributed by atoms with Gasteiger partial charge in [-0.15, -0.1) is 0 Å². The fourth-order valence-corrected chi connectivity index (χ4v) is 2.49. The largest absolute Gasteiger partial charge is 0.443 e. The van der Waals surface area contributed by atoms with Crippen LogP contribution in [0, 0.1) is 5.92 Å². The first kappa shape index (κ1) is 14.2. The minimum atomic E-state index is -0.347.